The first-order valence-corrected chi connectivity index (χ1v) is 19.7. The summed E-state index contributed by atoms with van der Waals surface area (Å²) in [6, 6.07) is 38.8. The van der Waals surface area contributed by atoms with Crippen molar-refractivity contribution in [2.75, 3.05) is 34.5 Å². The summed E-state index contributed by atoms with van der Waals surface area (Å²) >= 11 is 0. The Morgan fingerprint density at radius 2 is 1.11 bits per heavy atom. The number of benzene rings is 5. The Hall–Kier alpha value is -5.60. The number of carboxylic acids is 1. The summed E-state index contributed by atoms with van der Waals surface area (Å²) < 4.78 is 23.3. The van der Waals surface area contributed by atoms with Gasteiger partial charge in [0.25, 0.3) is 0 Å². The van der Waals surface area contributed by atoms with Crippen molar-refractivity contribution in [1.82, 2.24) is 4.90 Å². The number of ether oxygens (including phenoxy) is 4. The normalized spacial score (nSPS) is 12.7. The zero-order chi connectivity index (χ0) is 41.1. The van der Waals surface area contributed by atoms with Gasteiger partial charge in [-0.1, -0.05) is 144 Å². The molecule has 1 aliphatic carbocycles. The monoisotopic (exact) mass is 770 g/mol. The van der Waals surface area contributed by atoms with E-state index in [1.54, 1.807) is 14.2 Å². The highest BCUT2D eigenvalue weighted by Gasteiger charge is 2.40. The van der Waals surface area contributed by atoms with Crippen molar-refractivity contribution in [2.24, 2.45) is 17.8 Å². The molecule has 0 saturated carbocycles. The highest BCUT2D eigenvalue weighted by molar-refractivity contribution is 5.80. The van der Waals surface area contributed by atoms with E-state index in [-0.39, 0.29) is 12.5 Å². The van der Waals surface area contributed by atoms with Crippen molar-refractivity contribution >= 4 is 12.1 Å². The Balaban J connectivity index is 0.000000616. The van der Waals surface area contributed by atoms with Gasteiger partial charge in [-0.3, -0.25) is 0 Å². The third-order valence-electron chi connectivity index (χ3n) is 11.2. The van der Waals surface area contributed by atoms with Crippen LogP contribution in [-0.2, 0) is 19.9 Å². The number of fused-ring (bicyclic) bond motifs is 3. The zero-order valence-electron chi connectivity index (χ0n) is 34.4. The molecule has 5 aromatic rings. The van der Waals surface area contributed by atoms with Gasteiger partial charge in [0.1, 0.15) is 23.7 Å². The first-order chi connectivity index (χ1) is 27.5. The lowest BCUT2D eigenvalue weighted by Gasteiger charge is -2.38. The van der Waals surface area contributed by atoms with Crippen molar-refractivity contribution in [1.29, 1.82) is 0 Å². The molecule has 1 aliphatic rings. The number of likely N-dealkylation sites (N-methyl/N-ethyl adjacent to an activating group) is 1. The van der Waals surface area contributed by atoms with Crippen molar-refractivity contribution < 1.29 is 33.6 Å². The molecule has 0 spiro atoms. The number of rotatable bonds is 15. The second kappa shape index (κ2) is 19.5. The van der Waals surface area contributed by atoms with E-state index >= 15 is 0 Å². The average Bonchev–Trinajstić information content (AvgIpc) is 3.55. The van der Waals surface area contributed by atoms with Crippen LogP contribution < -0.4 is 14.6 Å². The Kier molecular flexibility index (Phi) is 14.6. The smallest absolute Gasteiger partial charge is 0.410 e. The van der Waals surface area contributed by atoms with Gasteiger partial charge < -0.3 is 33.7 Å². The fourth-order valence-corrected chi connectivity index (χ4v) is 8.15. The van der Waals surface area contributed by atoms with Crippen LogP contribution in [0.5, 0.6) is 11.5 Å². The minimum atomic E-state index is -1.47. The topological polar surface area (TPSA) is 97.4 Å². The number of hydrogen-bond acceptors (Lipinski definition) is 7. The fourth-order valence-electron chi connectivity index (χ4n) is 8.15. The molecule has 57 heavy (non-hydrogen) atoms. The predicted molar refractivity (Wildman–Crippen MR) is 223 cm³/mol. The third-order valence-corrected chi connectivity index (χ3v) is 11.2. The summed E-state index contributed by atoms with van der Waals surface area (Å²) in [6.45, 7) is 11.2. The Morgan fingerprint density at radius 3 is 1.51 bits per heavy atom. The third kappa shape index (κ3) is 9.51. The van der Waals surface area contributed by atoms with Crippen molar-refractivity contribution in [3.63, 3.8) is 0 Å². The summed E-state index contributed by atoms with van der Waals surface area (Å²) in [5.41, 5.74) is 5.22. The second-order valence-corrected chi connectivity index (χ2v) is 15.1. The quantitative estimate of drug-likeness (QED) is 0.0980. The van der Waals surface area contributed by atoms with Gasteiger partial charge in [-0.2, -0.15) is 0 Å². The Bertz CT molecular complexity index is 1940. The first-order valence-electron chi connectivity index (χ1n) is 19.7. The van der Waals surface area contributed by atoms with Gasteiger partial charge in [-0.25, -0.2) is 4.79 Å². The summed E-state index contributed by atoms with van der Waals surface area (Å²) in [6.07, 6.45) is 0.531. The van der Waals surface area contributed by atoms with E-state index < -0.39 is 30.3 Å². The molecular weight excluding hydrogens is 715 g/mol. The van der Waals surface area contributed by atoms with Crippen LogP contribution in [0.4, 0.5) is 4.79 Å². The van der Waals surface area contributed by atoms with Crippen LogP contribution in [0.1, 0.15) is 74.8 Å². The molecule has 0 aromatic heterocycles. The van der Waals surface area contributed by atoms with E-state index in [4.69, 9.17) is 18.9 Å². The number of aliphatic carboxylic acids is 1. The van der Waals surface area contributed by atoms with Crippen LogP contribution in [0.3, 0.4) is 0 Å². The highest BCUT2D eigenvalue weighted by atomic mass is 16.6. The number of carboxylic acid groups (broad SMARTS) is 1. The molecule has 0 N–H and O–H groups in total. The molecule has 0 bridgehead atoms. The lowest BCUT2D eigenvalue weighted by molar-refractivity contribution is -0.312. The number of nitrogens with zero attached hydrogens (tertiary/aromatic N) is 1. The maximum atomic E-state index is 13.5. The standard InChI is InChI=1S/C40H37NO7.C9H20/c1-41(39(44)47-25-36-34-15-9-7-13-32(34)33-14-8-10-16-35(33)36)37(38(42)43)26-48-40(27-11-5-4-6-12-27,28-17-21-30(45-2)22-18-28)29-19-23-31(46-3)24-20-29;1-6-9(7(2)3)8(4)5/h4-24,36-37H,25-26H2,1-3H3,(H,42,43);7-9H,6H2,1-5H3/p-1/t37-;/m0./s1. The van der Waals surface area contributed by atoms with E-state index in [2.05, 4.69) is 46.8 Å². The average molecular weight is 771 g/mol. The molecule has 0 saturated heterocycles. The molecular formula is C49H56NO7-. The molecule has 0 aliphatic heterocycles. The van der Waals surface area contributed by atoms with E-state index in [1.807, 2.05) is 115 Å². The second-order valence-electron chi connectivity index (χ2n) is 15.1. The molecule has 1 atom stereocenters. The van der Waals surface area contributed by atoms with Crippen LogP contribution in [-0.4, -0.2) is 57.5 Å². The van der Waals surface area contributed by atoms with Crippen LogP contribution >= 0.6 is 0 Å². The van der Waals surface area contributed by atoms with Crippen LogP contribution in [0, 0.1) is 17.8 Å². The van der Waals surface area contributed by atoms with Gasteiger partial charge in [-0.05, 0) is 81.0 Å². The van der Waals surface area contributed by atoms with Crippen LogP contribution in [0.15, 0.2) is 127 Å². The molecule has 6 rings (SSSR count). The molecule has 0 unspecified atom stereocenters. The Labute approximate surface area is 338 Å². The largest absolute Gasteiger partial charge is 0.548 e. The summed E-state index contributed by atoms with van der Waals surface area (Å²) in [5, 5.41) is 12.7. The summed E-state index contributed by atoms with van der Waals surface area (Å²) in [7, 11) is 4.56. The van der Waals surface area contributed by atoms with Crippen molar-refractivity contribution in [3.05, 3.63) is 155 Å². The van der Waals surface area contributed by atoms with Crippen LogP contribution in [0.25, 0.3) is 11.1 Å². The number of hydrogen-bond donors (Lipinski definition) is 0. The molecule has 8 nitrogen and oxygen atoms in total. The number of carbonyl (C=O) groups excluding carboxylic acids is 2. The number of amides is 1. The highest BCUT2D eigenvalue weighted by Crippen LogP contribution is 2.45. The first kappa shape index (κ1) is 42.5. The van der Waals surface area contributed by atoms with E-state index in [0.29, 0.717) is 11.5 Å². The van der Waals surface area contributed by atoms with Crippen LogP contribution in [0.2, 0.25) is 0 Å². The maximum absolute atomic E-state index is 13.5. The summed E-state index contributed by atoms with van der Waals surface area (Å²) in [5.74, 6) is 2.28. The summed E-state index contributed by atoms with van der Waals surface area (Å²) in [4.78, 5) is 27.2. The van der Waals surface area contributed by atoms with Crippen molar-refractivity contribution in [2.45, 2.75) is 58.6 Å². The maximum Gasteiger partial charge on any atom is 0.410 e. The Morgan fingerprint density at radius 1 is 0.667 bits per heavy atom. The van der Waals surface area contributed by atoms with Gasteiger partial charge in [-0.15, -0.1) is 0 Å². The van der Waals surface area contributed by atoms with Gasteiger partial charge in [0, 0.05) is 13.0 Å². The minimum Gasteiger partial charge on any atom is -0.548 e. The SMILES string of the molecule is CCC(C(C)C)C(C)C.COc1ccc(C(OC[C@@H](C(=O)[O-])N(C)C(=O)OCC2c3ccccc3-c3ccccc32)(c2ccccc2)c2ccc(OC)cc2)cc1. The molecule has 8 heteroatoms. The lowest BCUT2D eigenvalue weighted by Crippen LogP contribution is -2.53. The molecule has 0 heterocycles. The van der Waals surface area contributed by atoms with E-state index in [1.165, 1.54) is 13.5 Å². The van der Waals surface area contributed by atoms with Gasteiger partial charge in [0.05, 0.1) is 32.8 Å². The number of methoxy groups -OCH3 is 2. The van der Waals surface area contributed by atoms with Gasteiger partial charge >= 0.3 is 6.09 Å². The fraction of sp³-hybridized carbons (Fsp3) is 0.347. The van der Waals surface area contributed by atoms with Gasteiger partial charge in [0.2, 0.25) is 0 Å². The molecule has 1 amide bonds. The minimum absolute atomic E-state index is 0.0451. The van der Waals surface area contributed by atoms with Crippen molar-refractivity contribution in [3.8, 4) is 22.6 Å². The van der Waals surface area contributed by atoms with E-state index in [9.17, 15) is 14.7 Å². The predicted octanol–water partition coefficient (Wildman–Crippen LogP) is 9.34. The van der Waals surface area contributed by atoms with Gasteiger partial charge in [0.15, 0.2) is 0 Å². The van der Waals surface area contributed by atoms with E-state index in [0.717, 1.165) is 61.6 Å². The lowest BCUT2D eigenvalue weighted by atomic mass is 9.80. The molecule has 300 valence electrons. The molecule has 5 aromatic carbocycles. The number of carbonyl (C=O) groups is 2. The molecule has 0 fully saturated rings. The zero-order valence-corrected chi connectivity index (χ0v) is 34.4. The molecule has 0 radical (unpaired) electrons.